The van der Waals surface area contributed by atoms with E-state index >= 15 is 0 Å². The summed E-state index contributed by atoms with van der Waals surface area (Å²) < 4.78 is 0. The van der Waals surface area contributed by atoms with Crippen molar-refractivity contribution in [1.82, 2.24) is 4.90 Å². The Hall–Kier alpha value is -1.46. The minimum atomic E-state index is -0.373. The highest BCUT2D eigenvalue weighted by Gasteiger charge is 2.32. The minimum absolute atomic E-state index is 0.123. The molecule has 98 valence electrons. The Labute approximate surface area is 107 Å². The average molecular weight is 249 g/mol. The average Bonchev–Trinajstić information content (AvgIpc) is 2.71. The fourth-order valence-corrected chi connectivity index (χ4v) is 2.67. The lowest BCUT2D eigenvalue weighted by Crippen LogP contribution is -2.32. The van der Waals surface area contributed by atoms with Crippen LogP contribution in [0.1, 0.15) is 31.4 Å². The number of non-ortho nitro benzene ring substituents is 1. The minimum Gasteiger partial charge on any atom is -0.326 e. The van der Waals surface area contributed by atoms with Gasteiger partial charge in [-0.1, -0.05) is 19.1 Å². The largest absolute Gasteiger partial charge is 0.326 e. The quantitative estimate of drug-likeness (QED) is 0.655. The molecule has 0 spiro atoms. The molecule has 0 radical (unpaired) electrons. The molecule has 2 N–H and O–H groups in total. The van der Waals surface area contributed by atoms with Gasteiger partial charge >= 0.3 is 0 Å². The molecule has 18 heavy (non-hydrogen) atoms. The van der Waals surface area contributed by atoms with Crippen molar-refractivity contribution >= 4 is 5.69 Å². The number of nitrogens with zero attached hydrogens (tertiary/aromatic N) is 2. The number of nitrogens with two attached hydrogens (primary N) is 1. The van der Waals surface area contributed by atoms with Crippen LogP contribution >= 0.6 is 0 Å². The van der Waals surface area contributed by atoms with Gasteiger partial charge in [0.1, 0.15) is 0 Å². The van der Waals surface area contributed by atoms with Crippen molar-refractivity contribution in [2.45, 2.75) is 31.8 Å². The van der Waals surface area contributed by atoms with E-state index in [1.807, 2.05) is 12.1 Å². The van der Waals surface area contributed by atoms with Crippen molar-refractivity contribution in [2.75, 3.05) is 13.1 Å². The smallest absolute Gasteiger partial charge is 0.269 e. The van der Waals surface area contributed by atoms with Gasteiger partial charge in [-0.25, -0.2) is 0 Å². The highest BCUT2D eigenvalue weighted by molar-refractivity contribution is 5.35. The van der Waals surface area contributed by atoms with Crippen LogP contribution in [0.3, 0.4) is 0 Å². The molecule has 0 bridgehead atoms. The lowest BCUT2D eigenvalue weighted by atomic mass is 10.0. The fraction of sp³-hybridized carbons (Fsp3) is 0.538. The molecule has 2 atom stereocenters. The van der Waals surface area contributed by atoms with Crippen LogP contribution in [-0.4, -0.2) is 29.0 Å². The monoisotopic (exact) mass is 249 g/mol. The molecular formula is C13H19N3O2. The maximum absolute atomic E-state index is 10.6. The number of hydrogen-bond acceptors (Lipinski definition) is 4. The summed E-state index contributed by atoms with van der Waals surface area (Å²) in [4.78, 5) is 12.6. The number of hydrogen-bond donors (Lipinski definition) is 1. The maximum Gasteiger partial charge on any atom is 0.269 e. The Kier molecular flexibility index (Phi) is 3.93. The van der Waals surface area contributed by atoms with Crippen LogP contribution in [0.2, 0.25) is 0 Å². The summed E-state index contributed by atoms with van der Waals surface area (Å²) in [5.41, 5.74) is 7.37. The molecule has 2 rings (SSSR count). The zero-order chi connectivity index (χ0) is 13.1. The van der Waals surface area contributed by atoms with Crippen LogP contribution in [0.4, 0.5) is 5.69 Å². The van der Waals surface area contributed by atoms with E-state index in [1.54, 1.807) is 12.1 Å². The molecule has 0 aliphatic carbocycles. The predicted molar refractivity (Wildman–Crippen MR) is 70.3 cm³/mol. The van der Waals surface area contributed by atoms with Crippen LogP contribution in [0.15, 0.2) is 24.3 Å². The Morgan fingerprint density at radius 1 is 1.44 bits per heavy atom. The molecule has 1 heterocycles. The van der Waals surface area contributed by atoms with E-state index in [0.717, 1.165) is 31.5 Å². The zero-order valence-corrected chi connectivity index (χ0v) is 10.6. The SMILES string of the molecule is CCCN1CCC(N)C1c1ccc([N+](=O)[O-])cc1. The number of nitro benzene ring substituents is 1. The van der Waals surface area contributed by atoms with Gasteiger partial charge < -0.3 is 5.73 Å². The van der Waals surface area contributed by atoms with Crippen LogP contribution in [-0.2, 0) is 0 Å². The Bertz CT molecular complexity index is 417. The van der Waals surface area contributed by atoms with Crippen molar-refractivity contribution in [3.05, 3.63) is 39.9 Å². The number of rotatable bonds is 4. The van der Waals surface area contributed by atoms with Crippen molar-refractivity contribution < 1.29 is 4.92 Å². The molecule has 1 aliphatic rings. The molecule has 5 nitrogen and oxygen atoms in total. The van der Waals surface area contributed by atoms with Gasteiger partial charge in [-0.15, -0.1) is 0 Å². The van der Waals surface area contributed by atoms with E-state index in [4.69, 9.17) is 5.73 Å². The lowest BCUT2D eigenvalue weighted by Gasteiger charge is -2.26. The van der Waals surface area contributed by atoms with Gasteiger partial charge in [0.2, 0.25) is 0 Å². The first-order valence-corrected chi connectivity index (χ1v) is 6.37. The van der Waals surface area contributed by atoms with E-state index < -0.39 is 0 Å². The first-order chi connectivity index (χ1) is 8.63. The molecule has 1 aliphatic heterocycles. The van der Waals surface area contributed by atoms with Crippen molar-refractivity contribution in [3.63, 3.8) is 0 Å². The highest BCUT2D eigenvalue weighted by Crippen LogP contribution is 2.31. The number of likely N-dealkylation sites (tertiary alicyclic amines) is 1. The lowest BCUT2D eigenvalue weighted by molar-refractivity contribution is -0.384. The van der Waals surface area contributed by atoms with Crippen LogP contribution in [0, 0.1) is 10.1 Å². The third-order valence-electron chi connectivity index (χ3n) is 3.50. The second kappa shape index (κ2) is 5.46. The molecular weight excluding hydrogens is 230 g/mol. The third kappa shape index (κ3) is 2.52. The van der Waals surface area contributed by atoms with Crippen molar-refractivity contribution in [1.29, 1.82) is 0 Å². The standard InChI is InChI=1S/C13H19N3O2/c1-2-8-15-9-7-12(14)13(15)10-3-5-11(6-4-10)16(17)18/h3-6,12-13H,2,7-9,14H2,1H3. The Balaban J connectivity index is 2.20. The normalized spacial score (nSPS) is 24.3. The Morgan fingerprint density at radius 2 is 2.11 bits per heavy atom. The maximum atomic E-state index is 10.6. The van der Waals surface area contributed by atoms with E-state index in [1.165, 1.54) is 0 Å². The molecule has 1 saturated heterocycles. The molecule has 0 saturated carbocycles. The highest BCUT2D eigenvalue weighted by atomic mass is 16.6. The molecule has 1 fully saturated rings. The summed E-state index contributed by atoms with van der Waals surface area (Å²) in [6.07, 6.45) is 2.08. The number of benzene rings is 1. The summed E-state index contributed by atoms with van der Waals surface area (Å²) in [5, 5.41) is 10.6. The summed E-state index contributed by atoms with van der Waals surface area (Å²) in [7, 11) is 0. The predicted octanol–water partition coefficient (Wildman–Crippen LogP) is 2.08. The third-order valence-corrected chi connectivity index (χ3v) is 3.50. The van der Waals surface area contributed by atoms with Gasteiger partial charge in [0.15, 0.2) is 0 Å². The molecule has 0 aromatic heterocycles. The van der Waals surface area contributed by atoms with Gasteiger partial charge in [-0.3, -0.25) is 15.0 Å². The van der Waals surface area contributed by atoms with Gasteiger partial charge in [0.25, 0.3) is 5.69 Å². The topological polar surface area (TPSA) is 72.4 Å². The second-order valence-corrected chi connectivity index (χ2v) is 4.78. The van der Waals surface area contributed by atoms with Crippen molar-refractivity contribution in [3.8, 4) is 0 Å². The van der Waals surface area contributed by atoms with Crippen molar-refractivity contribution in [2.24, 2.45) is 5.73 Å². The number of nitro groups is 1. The van der Waals surface area contributed by atoms with E-state index in [-0.39, 0.29) is 22.7 Å². The molecule has 2 unspecified atom stereocenters. The van der Waals surface area contributed by atoms with E-state index in [0.29, 0.717) is 0 Å². The van der Waals surface area contributed by atoms with Gasteiger partial charge in [-0.05, 0) is 24.9 Å². The summed E-state index contributed by atoms with van der Waals surface area (Å²) in [6.45, 7) is 4.18. The van der Waals surface area contributed by atoms with E-state index in [9.17, 15) is 10.1 Å². The van der Waals surface area contributed by atoms with Gasteiger partial charge in [-0.2, -0.15) is 0 Å². The first-order valence-electron chi connectivity index (χ1n) is 6.37. The second-order valence-electron chi connectivity index (χ2n) is 4.78. The molecule has 0 amide bonds. The fourth-order valence-electron chi connectivity index (χ4n) is 2.67. The zero-order valence-electron chi connectivity index (χ0n) is 10.6. The summed E-state index contributed by atoms with van der Waals surface area (Å²) in [5.74, 6) is 0. The molecule has 1 aromatic carbocycles. The van der Waals surface area contributed by atoms with E-state index in [2.05, 4.69) is 11.8 Å². The van der Waals surface area contributed by atoms with Crippen LogP contribution in [0.25, 0.3) is 0 Å². The van der Waals surface area contributed by atoms with Crippen LogP contribution in [0.5, 0.6) is 0 Å². The summed E-state index contributed by atoms with van der Waals surface area (Å²) >= 11 is 0. The van der Waals surface area contributed by atoms with Gasteiger partial charge in [0, 0.05) is 30.8 Å². The van der Waals surface area contributed by atoms with Crippen LogP contribution < -0.4 is 5.73 Å². The van der Waals surface area contributed by atoms with Gasteiger partial charge in [0.05, 0.1) is 4.92 Å². The first kappa shape index (κ1) is 13.0. The summed E-state index contributed by atoms with van der Waals surface area (Å²) in [6, 6.07) is 7.10. The molecule has 1 aromatic rings. The Morgan fingerprint density at radius 3 is 2.67 bits per heavy atom. The molecule has 5 heteroatoms.